The number of ether oxygens (including phenoxy) is 2. The molecule has 3 aliphatic heterocycles. The molecule has 0 radical (unpaired) electrons. The fraction of sp³-hybridized carbons (Fsp3) is 0.682. The third-order valence-corrected chi connectivity index (χ3v) is 7.28. The SMILES string of the molecule is O=C(NCC1CC12CCN(C(=O)CN1CCOCC1)CC2)C1Cc2cnccc2O1. The standard InChI is InChI=1S/C22H30N4O4/c27-20(15-25-7-9-29-10-8-25)26-5-2-22(3-6-26)12-17(22)14-24-21(28)19-11-16-13-23-4-1-18(16)30-19/h1,4,13,17,19H,2-3,5-12,14-15H2,(H,24,28). The number of hydrogen-bond acceptors (Lipinski definition) is 6. The van der Waals surface area contributed by atoms with Gasteiger partial charge in [-0.15, -0.1) is 0 Å². The molecule has 2 unspecified atom stereocenters. The number of hydrogen-bond donors (Lipinski definition) is 1. The van der Waals surface area contributed by atoms with Crippen molar-refractivity contribution in [2.45, 2.75) is 31.8 Å². The van der Waals surface area contributed by atoms with Crippen molar-refractivity contribution >= 4 is 11.8 Å². The Morgan fingerprint density at radius 2 is 2.00 bits per heavy atom. The molecule has 162 valence electrons. The van der Waals surface area contributed by atoms with Crippen LogP contribution in [-0.4, -0.2) is 85.2 Å². The van der Waals surface area contributed by atoms with E-state index in [0.29, 0.717) is 30.8 Å². The Labute approximate surface area is 176 Å². The van der Waals surface area contributed by atoms with Crippen LogP contribution in [0.5, 0.6) is 5.75 Å². The van der Waals surface area contributed by atoms with Gasteiger partial charge in [0.1, 0.15) is 5.75 Å². The number of carbonyl (C=O) groups excluding carboxylic acids is 2. The van der Waals surface area contributed by atoms with E-state index in [1.54, 1.807) is 12.4 Å². The Bertz CT molecular complexity index is 777. The van der Waals surface area contributed by atoms with Crippen LogP contribution in [-0.2, 0) is 20.7 Å². The molecule has 1 aliphatic carbocycles. The summed E-state index contributed by atoms with van der Waals surface area (Å²) in [4.78, 5) is 33.4. The molecule has 3 fully saturated rings. The third-order valence-electron chi connectivity index (χ3n) is 7.28. The van der Waals surface area contributed by atoms with Crippen LogP contribution in [0, 0.1) is 11.3 Å². The van der Waals surface area contributed by atoms with E-state index < -0.39 is 6.10 Å². The zero-order chi connectivity index (χ0) is 20.6. The van der Waals surface area contributed by atoms with Gasteiger partial charge in [0, 0.05) is 57.1 Å². The van der Waals surface area contributed by atoms with Gasteiger partial charge >= 0.3 is 0 Å². The van der Waals surface area contributed by atoms with Crippen molar-refractivity contribution in [3.05, 3.63) is 24.0 Å². The van der Waals surface area contributed by atoms with Crippen molar-refractivity contribution in [3.63, 3.8) is 0 Å². The number of amides is 2. The van der Waals surface area contributed by atoms with E-state index in [4.69, 9.17) is 9.47 Å². The van der Waals surface area contributed by atoms with E-state index in [1.807, 2.05) is 11.0 Å². The summed E-state index contributed by atoms with van der Waals surface area (Å²) >= 11 is 0. The second-order valence-electron chi connectivity index (χ2n) is 9.07. The molecule has 2 atom stereocenters. The molecule has 1 spiro atoms. The van der Waals surface area contributed by atoms with Gasteiger partial charge in [-0.05, 0) is 36.7 Å². The predicted molar refractivity (Wildman–Crippen MR) is 109 cm³/mol. The lowest BCUT2D eigenvalue weighted by atomic mass is 9.90. The van der Waals surface area contributed by atoms with Gasteiger partial charge in [0.2, 0.25) is 5.91 Å². The van der Waals surface area contributed by atoms with Gasteiger partial charge in [0.25, 0.3) is 5.91 Å². The van der Waals surface area contributed by atoms with Crippen molar-refractivity contribution in [2.24, 2.45) is 11.3 Å². The maximum atomic E-state index is 12.6. The lowest BCUT2D eigenvalue weighted by Gasteiger charge is -2.35. The van der Waals surface area contributed by atoms with Crippen LogP contribution in [0.25, 0.3) is 0 Å². The second kappa shape index (κ2) is 8.15. The molecule has 4 heterocycles. The average Bonchev–Trinajstić information content (AvgIpc) is 3.25. The molecular weight excluding hydrogens is 384 g/mol. The number of nitrogens with zero attached hydrogens (tertiary/aromatic N) is 3. The molecule has 1 aromatic rings. The second-order valence-corrected chi connectivity index (χ2v) is 9.07. The fourth-order valence-corrected chi connectivity index (χ4v) is 5.15. The van der Waals surface area contributed by atoms with Crippen LogP contribution in [0.2, 0.25) is 0 Å². The minimum absolute atomic E-state index is 0.0358. The molecule has 0 aromatic carbocycles. The number of likely N-dealkylation sites (tertiary alicyclic amines) is 1. The van der Waals surface area contributed by atoms with E-state index in [2.05, 4.69) is 15.2 Å². The highest BCUT2D eigenvalue weighted by Crippen LogP contribution is 2.59. The lowest BCUT2D eigenvalue weighted by molar-refractivity contribution is -0.135. The van der Waals surface area contributed by atoms with Gasteiger partial charge in [-0.3, -0.25) is 19.5 Å². The van der Waals surface area contributed by atoms with Crippen molar-refractivity contribution in [1.29, 1.82) is 0 Å². The summed E-state index contributed by atoms with van der Waals surface area (Å²) in [6, 6.07) is 1.81. The Morgan fingerprint density at radius 1 is 1.20 bits per heavy atom. The van der Waals surface area contributed by atoms with Crippen LogP contribution < -0.4 is 10.1 Å². The zero-order valence-corrected chi connectivity index (χ0v) is 17.3. The summed E-state index contributed by atoms with van der Waals surface area (Å²) in [5, 5.41) is 3.10. The molecule has 1 N–H and O–H groups in total. The highest BCUT2D eigenvalue weighted by molar-refractivity contribution is 5.82. The number of carbonyl (C=O) groups is 2. The summed E-state index contributed by atoms with van der Waals surface area (Å²) in [6.07, 6.45) is 6.83. The monoisotopic (exact) mass is 414 g/mol. The summed E-state index contributed by atoms with van der Waals surface area (Å²) < 4.78 is 11.1. The highest BCUT2D eigenvalue weighted by Gasteiger charge is 2.55. The van der Waals surface area contributed by atoms with E-state index in [1.165, 1.54) is 0 Å². The largest absolute Gasteiger partial charge is 0.480 e. The van der Waals surface area contributed by atoms with Crippen LogP contribution in [0.15, 0.2) is 18.5 Å². The van der Waals surface area contributed by atoms with Gasteiger partial charge in [0.05, 0.1) is 19.8 Å². The molecule has 2 amide bonds. The Balaban J connectivity index is 1.04. The zero-order valence-electron chi connectivity index (χ0n) is 17.3. The minimum atomic E-state index is -0.446. The lowest BCUT2D eigenvalue weighted by Crippen LogP contribution is -2.47. The van der Waals surface area contributed by atoms with E-state index in [-0.39, 0.29) is 11.8 Å². The van der Waals surface area contributed by atoms with Gasteiger partial charge in [-0.1, -0.05) is 0 Å². The molecule has 0 bridgehead atoms. The summed E-state index contributed by atoms with van der Waals surface area (Å²) in [5.41, 5.74) is 1.31. The van der Waals surface area contributed by atoms with Crippen molar-refractivity contribution in [1.82, 2.24) is 20.1 Å². The topological polar surface area (TPSA) is 84.0 Å². The number of morpholine rings is 1. The van der Waals surface area contributed by atoms with Crippen LogP contribution in [0.3, 0.4) is 0 Å². The van der Waals surface area contributed by atoms with Gasteiger partial charge in [-0.25, -0.2) is 0 Å². The first-order valence-electron chi connectivity index (χ1n) is 11.1. The normalized spacial score (nSPS) is 27.4. The molecule has 8 heteroatoms. The average molecular weight is 415 g/mol. The quantitative estimate of drug-likeness (QED) is 0.754. The fourth-order valence-electron chi connectivity index (χ4n) is 5.15. The maximum Gasteiger partial charge on any atom is 0.261 e. The van der Waals surface area contributed by atoms with Crippen molar-refractivity contribution in [2.75, 3.05) is 52.5 Å². The van der Waals surface area contributed by atoms with Crippen LogP contribution in [0.4, 0.5) is 0 Å². The molecule has 30 heavy (non-hydrogen) atoms. The first-order valence-corrected chi connectivity index (χ1v) is 11.1. The van der Waals surface area contributed by atoms with E-state index >= 15 is 0 Å². The minimum Gasteiger partial charge on any atom is -0.480 e. The first kappa shape index (κ1) is 19.8. The maximum absolute atomic E-state index is 12.6. The Kier molecular flexibility index (Phi) is 5.37. The molecular formula is C22H30N4O4. The van der Waals surface area contributed by atoms with Crippen LogP contribution >= 0.6 is 0 Å². The molecule has 1 saturated carbocycles. The highest BCUT2D eigenvalue weighted by atomic mass is 16.5. The van der Waals surface area contributed by atoms with Crippen LogP contribution in [0.1, 0.15) is 24.8 Å². The Hall–Kier alpha value is -2.19. The van der Waals surface area contributed by atoms with Gasteiger partial charge < -0.3 is 19.7 Å². The van der Waals surface area contributed by atoms with Crippen molar-refractivity contribution < 1.29 is 19.1 Å². The van der Waals surface area contributed by atoms with Crippen molar-refractivity contribution in [3.8, 4) is 5.75 Å². The summed E-state index contributed by atoms with van der Waals surface area (Å²) in [6.45, 7) is 6.01. The van der Waals surface area contributed by atoms with Gasteiger partial charge in [0.15, 0.2) is 6.10 Å². The number of aromatic nitrogens is 1. The third kappa shape index (κ3) is 4.03. The Morgan fingerprint density at radius 3 is 2.77 bits per heavy atom. The van der Waals surface area contributed by atoms with E-state index in [9.17, 15) is 9.59 Å². The summed E-state index contributed by atoms with van der Waals surface area (Å²) in [7, 11) is 0. The van der Waals surface area contributed by atoms with Gasteiger partial charge in [-0.2, -0.15) is 0 Å². The smallest absolute Gasteiger partial charge is 0.261 e. The predicted octanol–water partition coefficient (Wildman–Crippen LogP) is 0.462. The molecule has 4 aliphatic rings. The molecule has 2 saturated heterocycles. The number of nitrogens with one attached hydrogen (secondary N) is 1. The number of pyridine rings is 1. The van der Waals surface area contributed by atoms with E-state index in [0.717, 1.165) is 70.0 Å². The molecule has 1 aromatic heterocycles. The molecule has 5 rings (SSSR count). The summed E-state index contributed by atoms with van der Waals surface area (Å²) in [5.74, 6) is 1.49. The first-order chi connectivity index (χ1) is 14.6. The number of piperidine rings is 1. The number of rotatable bonds is 5. The molecule has 8 nitrogen and oxygen atoms in total. The number of fused-ring (bicyclic) bond motifs is 1.